The van der Waals surface area contributed by atoms with Crippen LogP contribution in [0.2, 0.25) is 4.34 Å². The van der Waals surface area contributed by atoms with Crippen molar-refractivity contribution < 1.29 is 24.2 Å². The minimum absolute atomic E-state index is 0.245. The summed E-state index contributed by atoms with van der Waals surface area (Å²) in [5.41, 5.74) is 0.683. The number of hydrogen-bond acceptors (Lipinski definition) is 2. The van der Waals surface area contributed by atoms with Gasteiger partial charge in [0.25, 0.3) is 0 Å². The van der Waals surface area contributed by atoms with E-state index in [9.17, 15) is 24.2 Å². The zero-order chi connectivity index (χ0) is 19.4. The van der Waals surface area contributed by atoms with Crippen LogP contribution in [-0.4, -0.2) is 18.0 Å². The van der Waals surface area contributed by atoms with Gasteiger partial charge in [0, 0.05) is 17.6 Å². The fourth-order valence-electron chi connectivity index (χ4n) is 2.85. The average Bonchev–Trinajstić information content (AvgIpc) is 3.03. The Morgan fingerprint density at radius 3 is 2.62 bits per heavy atom. The van der Waals surface area contributed by atoms with Gasteiger partial charge in [-0.1, -0.05) is 37.1 Å². The highest BCUT2D eigenvalue weighted by atomic mass is 35.5. The molecule has 1 aromatic heterocycles. The van der Waals surface area contributed by atoms with Crippen molar-refractivity contribution >= 4 is 44.9 Å². The lowest BCUT2D eigenvalue weighted by Gasteiger charge is -2.40. The second-order valence-corrected chi connectivity index (χ2v) is 10.2. The predicted molar refractivity (Wildman–Crippen MR) is 95.0 cm³/mol. The number of halogens is 6. The second-order valence-electron chi connectivity index (χ2n) is 6.03. The average molecular weight is 433 g/mol. The third kappa shape index (κ3) is 3.91. The highest BCUT2D eigenvalue weighted by molar-refractivity contribution is 8.45. The fraction of sp³-hybridized carbons (Fsp3) is 0.267. The van der Waals surface area contributed by atoms with E-state index in [1.54, 1.807) is 0 Å². The van der Waals surface area contributed by atoms with Crippen LogP contribution < -0.4 is 5.32 Å². The summed E-state index contributed by atoms with van der Waals surface area (Å²) in [6, 6.07) is 3.36. The Morgan fingerprint density at radius 2 is 1.96 bits per heavy atom. The first-order valence-corrected chi connectivity index (χ1v) is 10.6. The lowest BCUT2D eigenvalue weighted by molar-refractivity contribution is 0.205. The standard InChI is InChI=1S/C15H14ClF5N2OS2/c1-23(12-6-5-9-7-13(16)25-14(9)12)15(24)22-10-3-2-4-11(8-10)26(17,18,19,20)21/h2-4,7-8,12H,5-6H2,1H3,(H,22,24). The molecule has 0 aliphatic heterocycles. The Labute approximate surface area is 155 Å². The van der Waals surface area contributed by atoms with Crippen molar-refractivity contribution in [1.29, 1.82) is 0 Å². The number of benzene rings is 1. The molecule has 0 bridgehead atoms. The molecular formula is C15H14ClF5N2OS2. The third-order valence-corrected chi connectivity index (χ3v) is 6.67. The zero-order valence-corrected chi connectivity index (χ0v) is 15.7. The monoisotopic (exact) mass is 432 g/mol. The number of rotatable bonds is 3. The van der Waals surface area contributed by atoms with Gasteiger partial charge in [0.1, 0.15) is 4.90 Å². The van der Waals surface area contributed by atoms with Crippen LogP contribution in [0.15, 0.2) is 35.2 Å². The van der Waals surface area contributed by atoms with Crippen molar-refractivity contribution in [3.63, 3.8) is 0 Å². The smallest absolute Gasteiger partial charge is 0.320 e. The molecule has 1 aliphatic rings. The topological polar surface area (TPSA) is 32.3 Å². The summed E-state index contributed by atoms with van der Waals surface area (Å²) in [5.74, 6) is 0. The minimum atomic E-state index is -9.80. The van der Waals surface area contributed by atoms with Gasteiger partial charge in [-0.05, 0) is 42.7 Å². The molecule has 0 radical (unpaired) electrons. The molecule has 0 saturated heterocycles. The van der Waals surface area contributed by atoms with Crippen LogP contribution in [0.4, 0.5) is 29.9 Å². The Hall–Kier alpha value is -1.52. The van der Waals surface area contributed by atoms with E-state index >= 15 is 0 Å². The number of aryl methyl sites for hydroxylation is 1. The van der Waals surface area contributed by atoms with Crippen molar-refractivity contribution in [3.05, 3.63) is 45.1 Å². The fourth-order valence-corrected chi connectivity index (χ4v) is 5.03. The Morgan fingerprint density at radius 1 is 1.27 bits per heavy atom. The van der Waals surface area contributed by atoms with Crippen molar-refractivity contribution in [3.8, 4) is 0 Å². The summed E-state index contributed by atoms with van der Waals surface area (Å²) in [4.78, 5) is 12.6. The van der Waals surface area contributed by atoms with Crippen LogP contribution in [0.5, 0.6) is 0 Å². The first-order valence-electron chi connectivity index (χ1n) is 7.41. The SMILES string of the molecule is CN(C(=O)Nc1cccc(S(F)(F)(F)(F)F)c1)C1CCc2cc(Cl)sc21. The molecule has 1 N–H and O–H groups in total. The van der Waals surface area contributed by atoms with Gasteiger partial charge >= 0.3 is 16.3 Å². The number of nitrogens with zero attached hydrogens (tertiary/aromatic N) is 1. The molecule has 1 unspecified atom stereocenters. The van der Waals surface area contributed by atoms with Gasteiger partial charge < -0.3 is 10.2 Å². The van der Waals surface area contributed by atoms with E-state index < -0.39 is 21.2 Å². The van der Waals surface area contributed by atoms with Crippen LogP contribution in [0.1, 0.15) is 22.9 Å². The first-order chi connectivity index (χ1) is 11.7. The number of urea groups is 1. The first kappa shape index (κ1) is 19.2. The molecule has 2 aromatic rings. The molecule has 1 atom stereocenters. The third-order valence-electron chi connectivity index (χ3n) is 4.12. The van der Waals surface area contributed by atoms with Crippen LogP contribution in [0.3, 0.4) is 0 Å². The maximum Gasteiger partial charge on any atom is 0.322 e. The molecule has 0 spiro atoms. The van der Waals surface area contributed by atoms with Crippen molar-refractivity contribution in [2.24, 2.45) is 0 Å². The maximum atomic E-state index is 12.9. The van der Waals surface area contributed by atoms with Crippen molar-refractivity contribution in [2.45, 2.75) is 23.8 Å². The van der Waals surface area contributed by atoms with Crippen LogP contribution in [0.25, 0.3) is 0 Å². The van der Waals surface area contributed by atoms with E-state index in [1.165, 1.54) is 23.3 Å². The van der Waals surface area contributed by atoms with Crippen molar-refractivity contribution in [2.75, 3.05) is 12.4 Å². The number of anilines is 1. The molecule has 144 valence electrons. The maximum absolute atomic E-state index is 12.9. The molecule has 1 aromatic carbocycles. The lowest BCUT2D eigenvalue weighted by Crippen LogP contribution is -2.33. The Bertz CT molecular complexity index is 884. The minimum Gasteiger partial charge on any atom is -0.320 e. The molecule has 3 rings (SSSR count). The summed E-state index contributed by atoms with van der Waals surface area (Å²) >= 11 is 7.31. The van der Waals surface area contributed by atoms with Gasteiger partial charge in [0.15, 0.2) is 0 Å². The molecule has 2 amide bonds. The zero-order valence-electron chi connectivity index (χ0n) is 13.3. The van der Waals surface area contributed by atoms with Gasteiger partial charge in [0.2, 0.25) is 0 Å². The Balaban J connectivity index is 1.79. The summed E-state index contributed by atoms with van der Waals surface area (Å²) in [7, 11) is -8.31. The predicted octanol–water partition coefficient (Wildman–Crippen LogP) is 7.21. The molecule has 1 aliphatic carbocycles. The summed E-state index contributed by atoms with van der Waals surface area (Å²) in [6.07, 6.45) is 1.40. The van der Waals surface area contributed by atoms with Gasteiger partial charge in [-0.15, -0.1) is 11.3 Å². The van der Waals surface area contributed by atoms with E-state index in [0.29, 0.717) is 10.8 Å². The summed E-state index contributed by atoms with van der Waals surface area (Å²) in [6.45, 7) is 0. The van der Waals surface area contributed by atoms with Crippen LogP contribution in [0, 0.1) is 0 Å². The number of nitrogens with one attached hydrogen (secondary N) is 1. The van der Waals surface area contributed by atoms with Gasteiger partial charge in [-0.3, -0.25) is 0 Å². The number of carbonyl (C=O) groups is 1. The Kier molecular flexibility index (Phi) is 4.07. The van der Waals surface area contributed by atoms with Gasteiger partial charge in [0.05, 0.1) is 10.4 Å². The molecule has 11 heteroatoms. The van der Waals surface area contributed by atoms with Crippen LogP contribution in [-0.2, 0) is 6.42 Å². The number of carbonyl (C=O) groups excluding carboxylic acids is 1. The van der Waals surface area contributed by atoms with Crippen molar-refractivity contribution in [1.82, 2.24) is 4.90 Å². The number of amides is 2. The van der Waals surface area contributed by atoms with E-state index in [0.717, 1.165) is 29.0 Å². The highest BCUT2D eigenvalue weighted by Gasteiger charge is 2.65. The van der Waals surface area contributed by atoms with Gasteiger partial charge in [-0.2, -0.15) is 0 Å². The quantitative estimate of drug-likeness (QED) is 0.510. The largest absolute Gasteiger partial charge is 0.322 e. The summed E-state index contributed by atoms with van der Waals surface area (Å²) < 4.78 is 65.1. The van der Waals surface area contributed by atoms with E-state index in [4.69, 9.17) is 11.6 Å². The lowest BCUT2D eigenvalue weighted by atomic mass is 10.2. The molecule has 0 fully saturated rings. The highest BCUT2D eigenvalue weighted by Crippen LogP contribution is 3.02. The number of hydrogen-bond donors (Lipinski definition) is 1. The van der Waals surface area contributed by atoms with E-state index in [1.807, 2.05) is 6.07 Å². The molecular weight excluding hydrogens is 419 g/mol. The second kappa shape index (κ2) is 5.49. The normalized spacial score (nSPS) is 19.4. The van der Waals surface area contributed by atoms with E-state index in [2.05, 4.69) is 5.32 Å². The summed E-state index contributed by atoms with van der Waals surface area (Å²) in [5, 5.41) is 2.25. The van der Waals surface area contributed by atoms with E-state index in [-0.39, 0.29) is 23.9 Å². The molecule has 0 saturated carbocycles. The number of fused-ring (bicyclic) bond motifs is 1. The van der Waals surface area contributed by atoms with Gasteiger partial charge in [-0.25, -0.2) is 4.79 Å². The van der Waals surface area contributed by atoms with Crippen LogP contribution >= 0.6 is 33.2 Å². The molecule has 1 heterocycles. The number of thiophene rings is 1. The molecule has 26 heavy (non-hydrogen) atoms. The molecule has 3 nitrogen and oxygen atoms in total.